The standard InChI is InChI=1S/C12H11NO/c1-2-9-4-3-5-11-12(9)10(6-7-14)8-13-11/h2-5,7-8,13H,1,6H2. The molecule has 2 heteroatoms. The van der Waals surface area contributed by atoms with Crippen molar-refractivity contribution >= 4 is 23.3 Å². The van der Waals surface area contributed by atoms with Crippen LogP contribution in [0, 0.1) is 0 Å². The number of benzene rings is 1. The molecule has 1 N–H and O–H groups in total. The summed E-state index contributed by atoms with van der Waals surface area (Å²) >= 11 is 0. The van der Waals surface area contributed by atoms with E-state index in [0.717, 1.165) is 28.3 Å². The van der Waals surface area contributed by atoms with Crippen LogP contribution in [-0.4, -0.2) is 11.3 Å². The molecule has 0 aliphatic rings. The highest BCUT2D eigenvalue weighted by Crippen LogP contribution is 2.23. The molecule has 0 saturated carbocycles. The summed E-state index contributed by atoms with van der Waals surface area (Å²) in [7, 11) is 0. The molecule has 1 heterocycles. The van der Waals surface area contributed by atoms with Crippen LogP contribution in [0.5, 0.6) is 0 Å². The van der Waals surface area contributed by atoms with Gasteiger partial charge >= 0.3 is 0 Å². The second-order valence-electron chi connectivity index (χ2n) is 3.16. The first-order chi connectivity index (χ1) is 6.86. The summed E-state index contributed by atoms with van der Waals surface area (Å²) in [5.41, 5.74) is 3.16. The molecule has 0 radical (unpaired) electrons. The van der Waals surface area contributed by atoms with E-state index in [2.05, 4.69) is 11.6 Å². The zero-order valence-electron chi connectivity index (χ0n) is 7.79. The van der Waals surface area contributed by atoms with Gasteiger partial charge in [0, 0.05) is 23.5 Å². The molecule has 0 spiro atoms. The average molecular weight is 185 g/mol. The summed E-state index contributed by atoms with van der Waals surface area (Å²) in [6, 6.07) is 5.97. The first-order valence-electron chi connectivity index (χ1n) is 4.52. The van der Waals surface area contributed by atoms with Crippen LogP contribution in [0.4, 0.5) is 0 Å². The van der Waals surface area contributed by atoms with E-state index in [1.807, 2.05) is 30.5 Å². The Balaban J connectivity index is 2.73. The third-order valence-electron chi connectivity index (χ3n) is 2.34. The van der Waals surface area contributed by atoms with Crippen LogP contribution in [-0.2, 0) is 11.2 Å². The Morgan fingerprint density at radius 3 is 3.00 bits per heavy atom. The number of carbonyl (C=O) groups is 1. The topological polar surface area (TPSA) is 32.9 Å². The lowest BCUT2D eigenvalue weighted by Crippen LogP contribution is -1.84. The van der Waals surface area contributed by atoms with Crippen molar-refractivity contribution in [3.05, 3.63) is 42.1 Å². The first kappa shape index (κ1) is 8.75. The first-order valence-corrected chi connectivity index (χ1v) is 4.52. The lowest BCUT2D eigenvalue weighted by Gasteiger charge is -1.98. The fourth-order valence-electron chi connectivity index (χ4n) is 1.71. The lowest BCUT2D eigenvalue weighted by atomic mass is 10.1. The molecule has 0 atom stereocenters. The maximum absolute atomic E-state index is 10.5. The molecule has 1 aromatic carbocycles. The molecule has 2 rings (SSSR count). The van der Waals surface area contributed by atoms with Gasteiger partial charge in [-0.3, -0.25) is 0 Å². The number of aromatic nitrogens is 1. The summed E-state index contributed by atoms with van der Waals surface area (Å²) < 4.78 is 0. The van der Waals surface area contributed by atoms with Crippen molar-refractivity contribution in [1.82, 2.24) is 4.98 Å². The molecule has 0 aliphatic carbocycles. The molecule has 0 saturated heterocycles. The Kier molecular flexibility index (Phi) is 2.19. The van der Waals surface area contributed by atoms with Crippen molar-refractivity contribution in [2.75, 3.05) is 0 Å². The van der Waals surface area contributed by atoms with Gasteiger partial charge in [-0.05, 0) is 17.2 Å². The van der Waals surface area contributed by atoms with E-state index >= 15 is 0 Å². The second-order valence-corrected chi connectivity index (χ2v) is 3.16. The summed E-state index contributed by atoms with van der Waals surface area (Å²) in [5.74, 6) is 0. The number of hydrogen-bond donors (Lipinski definition) is 1. The van der Waals surface area contributed by atoms with Gasteiger partial charge in [0.1, 0.15) is 6.29 Å². The Morgan fingerprint density at radius 2 is 2.29 bits per heavy atom. The van der Waals surface area contributed by atoms with Gasteiger partial charge in [-0.15, -0.1) is 0 Å². The highest BCUT2D eigenvalue weighted by Gasteiger charge is 2.05. The van der Waals surface area contributed by atoms with Crippen molar-refractivity contribution in [3.63, 3.8) is 0 Å². The fraction of sp³-hybridized carbons (Fsp3) is 0.0833. The molecule has 0 bridgehead atoms. The van der Waals surface area contributed by atoms with Gasteiger partial charge in [0.25, 0.3) is 0 Å². The molecule has 1 aromatic heterocycles. The summed E-state index contributed by atoms with van der Waals surface area (Å²) in [5, 5.41) is 1.11. The lowest BCUT2D eigenvalue weighted by molar-refractivity contribution is -0.107. The minimum atomic E-state index is 0.449. The number of nitrogens with one attached hydrogen (secondary N) is 1. The number of aromatic amines is 1. The van der Waals surface area contributed by atoms with Crippen LogP contribution in [0.1, 0.15) is 11.1 Å². The molecule has 0 amide bonds. The minimum Gasteiger partial charge on any atom is -0.361 e. The third kappa shape index (κ3) is 1.25. The van der Waals surface area contributed by atoms with Crippen LogP contribution in [0.15, 0.2) is 31.0 Å². The quantitative estimate of drug-likeness (QED) is 0.732. The predicted octanol–water partition coefficient (Wildman–Crippen LogP) is 2.55. The Bertz CT molecular complexity index is 482. The highest BCUT2D eigenvalue weighted by molar-refractivity contribution is 5.92. The monoisotopic (exact) mass is 185 g/mol. The van der Waals surface area contributed by atoms with Gasteiger partial charge in [0.05, 0.1) is 0 Å². The zero-order valence-corrected chi connectivity index (χ0v) is 7.79. The Morgan fingerprint density at radius 1 is 1.43 bits per heavy atom. The molecule has 0 aliphatic heterocycles. The maximum atomic E-state index is 10.5. The van der Waals surface area contributed by atoms with Crippen molar-refractivity contribution in [3.8, 4) is 0 Å². The number of aldehydes is 1. The number of carbonyl (C=O) groups excluding carboxylic acids is 1. The molecule has 2 aromatic rings. The van der Waals surface area contributed by atoms with Gasteiger partial charge in [-0.25, -0.2) is 0 Å². The van der Waals surface area contributed by atoms with E-state index in [1.54, 1.807) is 0 Å². The number of rotatable bonds is 3. The Hall–Kier alpha value is -1.83. The van der Waals surface area contributed by atoms with E-state index in [4.69, 9.17) is 0 Å². The van der Waals surface area contributed by atoms with E-state index < -0.39 is 0 Å². The second kappa shape index (κ2) is 3.50. The van der Waals surface area contributed by atoms with Gasteiger partial charge in [0.15, 0.2) is 0 Å². The normalized spacial score (nSPS) is 10.3. The van der Waals surface area contributed by atoms with Crippen molar-refractivity contribution in [2.24, 2.45) is 0 Å². The molecule has 2 nitrogen and oxygen atoms in total. The third-order valence-corrected chi connectivity index (χ3v) is 2.34. The summed E-state index contributed by atoms with van der Waals surface area (Å²) in [4.78, 5) is 13.6. The minimum absolute atomic E-state index is 0.449. The van der Waals surface area contributed by atoms with Gasteiger partial charge in [-0.1, -0.05) is 24.8 Å². The van der Waals surface area contributed by atoms with E-state index in [-0.39, 0.29) is 0 Å². The van der Waals surface area contributed by atoms with Crippen LogP contribution >= 0.6 is 0 Å². The summed E-state index contributed by atoms with van der Waals surface area (Å²) in [6.45, 7) is 3.76. The fourth-order valence-corrected chi connectivity index (χ4v) is 1.71. The molecule has 14 heavy (non-hydrogen) atoms. The van der Waals surface area contributed by atoms with E-state index in [9.17, 15) is 4.79 Å². The molecule has 0 unspecified atom stereocenters. The number of fused-ring (bicyclic) bond motifs is 1. The SMILES string of the molecule is C=Cc1cccc2[nH]cc(CC=O)c12. The van der Waals surface area contributed by atoms with Crippen molar-refractivity contribution in [2.45, 2.75) is 6.42 Å². The van der Waals surface area contributed by atoms with Crippen molar-refractivity contribution in [1.29, 1.82) is 0 Å². The average Bonchev–Trinajstić information content (AvgIpc) is 2.62. The molecular formula is C12H11NO. The molecular weight excluding hydrogens is 174 g/mol. The number of H-pyrrole nitrogens is 1. The van der Waals surface area contributed by atoms with Gasteiger partial charge in [-0.2, -0.15) is 0 Å². The van der Waals surface area contributed by atoms with Gasteiger partial charge < -0.3 is 9.78 Å². The van der Waals surface area contributed by atoms with E-state index in [0.29, 0.717) is 6.42 Å². The maximum Gasteiger partial charge on any atom is 0.124 e. The van der Waals surface area contributed by atoms with Crippen LogP contribution in [0.2, 0.25) is 0 Å². The van der Waals surface area contributed by atoms with Crippen LogP contribution in [0.3, 0.4) is 0 Å². The zero-order chi connectivity index (χ0) is 9.97. The molecule has 70 valence electrons. The summed E-state index contributed by atoms with van der Waals surface area (Å²) in [6.07, 6.45) is 5.06. The highest BCUT2D eigenvalue weighted by atomic mass is 16.1. The Labute approximate surface area is 82.3 Å². The van der Waals surface area contributed by atoms with Crippen molar-refractivity contribution < 1.29 is 4.79 Å². The smallest absolute Gasteiger partial charge is 0.124 e. The van der Waals surface area contributed by atoms with Gasteiger partial charge in [0.2, 0.25) is 0 Å². The van der Waals surface area contributed by atoms with Crippen LogP contribution < -0.4 is 0 Å². The largest absolute Gasteiger partial charge is 0.361 e. The number of hydrogen-bond acceptors (Lipinski definition) is 1. The van der Waals surface area contributed by atoms with Crippen LogP contribution in [0.25, 0.3) is 17.0 Å². The van der Waals surface area contributed by atoms with E-state index in [1.165, 1.54) is 0 Å². The predicted molar refractivity (Wildman–Crippen MR) is 58.2 cm³/mol. The molecule has 0 fully saturated rings.